The predicted octanol–water partition coefficient (Wildman–Crippen LogP) is 9.34. The number of aryl methyl sites for hydroxylation is 1. The first-order valence-electron chi connectivity index (χ1n) is 24.4. The highest BCUT2D eigenvalue weighted by Gasteiger charge is 2.39. The van der Waals surface area contributed by atoms with Gasteiger partial charge < -0.3 is 31.1 Å². The van der Waals surface area contributed by atoms with Gasteiger partial charge in [0.2, 0.25) is 23.6 Å². The molecule has 2 saturated carbocycles. The van der Waals surface area contributed by atoms with Crippen LogP contribution >= 0.6 is 23.4 Å². The highest BCUT2D eigenvalue weighted by atomic mass is 35.5. The Hall–Kier alpha value is -4.82. The molecule has 0 saturated heterocycles. The molecule has 4 amide bonds. The summed E-state index contributed by atoms with van der Waals surface area (Å²) in [6.45, 7) is 2.73. The molecule has 10 nitrogen and oxygen atoms in total. The lowest BCUT2D eigenvalue weighted by Gasteiger charge is -2.45. The fraction of sp³-hybridized carbons (Fsp3) is 0.491. The number of hydrogen-bond acceptors (Lipinski definition) is 7. The number of thioether (sulfide) groups is 1. The van der Waals surface area contributed by atoms with Crippen LogP contribution in [-0.4, -0.2) is 97.1 Å². The molecule has 0 aromatic heterocycles. The Morgan fingerprint density at radius 2 is 1.13 bits per heavy atom. The lowest BCUT2D eigenvalue weighted by Crippen LogP contribution is -2.52. The Balaban J connectivity index is 0.000000258. The molecule has 4 aromatic rings. The van der Waals surface area contributed by atoms with Crippen molar-refractivity contribution in [3.63, 3.8) is 0 Å². The number of amides is 4. The molecule has 4 aromatic carbocycles. The van der Waals surface area contributed by atoms with Crippen LogP contribution in [0.1, 0.15) is 105 Å². The van der Waals surface area contributed by atoms with E-state index in [1.165, 1.54) is 28.3 Å². The third-order valence-corrected chi connectivity index (χ3v) is 15.1. The van der Waals surface area contributed by atoms with Crippen LogP contribution in [-0.2, 0) is 44.3 Å². The van der Waals surface area contributed by atoms with E-state index in [1.807, 2.05) is 36.4 Å². The molecule has 0 bridgehead atoms. The fourth-order valence-electron chi connectivity index (χ4n) is 9.51. The number of nitrogens with zero attached hydrogens (tertiary/aromatic N) is 2. The van der Waals surface area contributed by atoms with Crippen molar-refractivity contribution in [3.8, 4) is 0 Å². The van der Waals surface area contributed by atoms with E-state index in [9.17, 15) is 28.0 Å². The van der Waals surface area contributed by atoms with Gasteiger partial charge in [-0.1, -0.05) is 90.0 Å². The summed E-state index contributed by atoms with van der Waals surface area (Å²) in [6.07, 6.45) is 10.2. The van der Waals surface area contributed by atoms with Crippen LogP contribution in [0.3, 0.4) is 0 Å². The van der Waals surface area contributed by atoms with Crippen molar-refractivity contribution < 1.29 is 28.0 Å². The van der Waals surface area contributed by atoms with Crippen LogP contribution in [0, 0.1) is 18.6 Å². The maximum atomic E-state index is 13.7. The van der Waals surface area contributed by atoms with E-state index >= 15 is 0 Å². The van der Waals surface area contributed by atoms with Crippen LogP contribution in [0.25, 0.3) is 0 Å². The fourth-order valence-corrected chi connectivity index (χ4v) is 10.5. The Labute approximate surface area is 418 Å². The van der Waals surface area contributed by atoms with Gasteiger partial charge in [-0.05, 0) is 134 Å². The van der Waals surface area contributed by atoms with Gasteiger partial charge in [-0.15, -0.1) is 0 Å². The van der Waals surface area contributed by atoms with Crippen LogP contribution in [0.5, 0.6) is 0 Å². The summed E-state index contributed by atoms with van der Waals surface area (Å²) in [6, 6.07) is 30.6. The number of likely N-dealkylation sites (N-methyl/N-ethyl adjacent to an activating group) is 2. The second-order valence-corrected chi connectivity index (χ2v) is 20.8. The number of carbonyl (C=O) groups excluding carboxylic acids is 4. The summed E-state index contributed by atoms with van der Waals surface area (Å²) in [5.41, 5.74) is 5.52. The van der Waals surface area contributed by atoms with Gasteiger partial charge in [0.15, 0.2) is 0 Å². The average Bonchev–Trinajstić information content (AvgIpc) is 3.31. The minimum Gasteiger partial charge on any atom is -0.355 e. The molecule has 6 rings (SSSR count). The van der Waals surface area contributed by atoms with Crippen molar-refractivity contribution in [3.05, 3.63) is 142 Å². The van der Waals surface area contributed by atoms with E-state index in [0.29, 0.717) is 6.54 Å². The Morgan fingerprint density at radius 1 is 0.623 bits per heavy atom. The van der Waals surface area contributed by atoms with Gasteiger partial charge in [0.05, 0.1) is 0 Å². The van der Waals surface area contributed by atoms with E-state index in [4.69, 9.17) is 11.6 Å². The van der Waals surface area contributed by atoms with E-state index in [1.54, 1.807) is 11.8 Å². The van der Waals surface area contributed by atoms with Gasteiger partial charge in [-0.3, -0.25) is 19.2 Å². The molecule has 2 fully saturated rings. The minimum atomic E-state index is -0.709. The summed E-state index contributed by atoms with van der Waals surface area (Å²) in [5, 5.41) is 12.5. The zero-order valence-electron chi connectivity index (χ0n) is 41.2. The van der Waals surface area contributed by atoms with Crippen LogP contribution in [0.2, 0.25) is 5.02 Å². The first-order valence-corrected chi connectivity index (χ1v) is 25.9. The van der Waals surface area contributed by atoms with E-state index in [-0.39, 0.29) is 84.6 Å². The standard InChI is InChI=1S/C29H41N3O2S.C26H32ClF2N3O2/c1-23-8-7-11-25(20-23)21-29(32(2)3)16-14-26(15-17-29)31-28(34)13-12-27(33)30-18-19-35-22-24-9-5-4-6-10-24;1-32(2)26(16-18-4-3-5-20(27)14-18)12-10-22(11-13-26)31-25(34)9-8-24(33)30-17-19-6-7-21(28)15-23(19)29/h4-11,20,26H,12-19,21-22H2,1-3H3,(H,30,33)(H,31,34);3-7,14-15,22H,8-13,16-17H2,1-2H3,(H,30,33)(H,31,34). The second kappa shape index (κ2) is 27.5. The van der Waals surface area contributed by atoms with Crippen molar-refractivity contribution in [2.24, 2.45) is 0 Å². The molecule has 14 heteroatoms. The van der Waals surface area contributed by atoms with Crippen LogP contribution < -0.4 is 21.3 Å². The average molecular weight is 988 g/mol. The third-order valence-electron chi connectivity index (χ3n) is 13.8. The van der Waals surface area contributed by atoms with Gasteiger partial charge in [0.1, 0.15) is 11.6 Å². The number of benzene rings is 4. The van der Waals surface area contributed by atoms with Gasteiger partial charge >= 0.3 is 0 Å². The molecule has 4 N–H and O–H groups in total. The highest BCUT2D eigenvalue weighted by molar-refractivity contribution is 7.98. The zero-order chi connectivity index (χ0) is 49.8. The number of rotatable bonds is 21. The number of nitrogens with one attached hydrogen (secondary N) is 4. The molecule has 0 radical (unpaired) electrons. The monoisotopic (exact) mass is 987 g/mol. The SMILES string of the molecule is CN(C)C1(Cc2cccc(Cl)c2)CCC(NC(=O)CCC(=O)NCc2ccc(F)cc2F)CC1.Cc1cccc(CC2(N(C)C)CCC(NC(=O)CCC(=O)NCCSCc3ccccc3)CC2)c1. The van der Waals surface area contributed by atoms with Crippen molar-refractivity contribution in [2.45, 2.75) is 132 Å². The second-order valence-electron chi connectivity index (χ2n) is 19.3. The van der Waals surface area contributed by atoms with Crippen molar-refractivity contribution in [2.75, 3.05) is 40.5 Å². The number of halogens is 3. The third kappa shape index (κ3) is 18.5. The summed E-state index contributed by atoms with van der Waals surface area (Å²) in [4.78, 5) is 53.7. The molecule has 2 aliphatic carbocycles. The smallest absolute Gasteiger partial charge is 0.220 e. The minimum absolute atomic E-state index is 0.0117. The molecular formula is C55H73ClF2N6O4S. The number of hydrogen-bond donors (Lipinski definition) is 4. The molecule has 69 heavy (non-hydrogen) atoms. The largest absolute Gasteiger partial charge is 0.355 e. The summed E-state index contributed by atoms with van der Waals surface area (Å²) in [5.74, 6) is -0.144. The topological polar surface area (TPSA) is 123 Å². The molecule has 0 aliphatic heterocycles. The Bertz CT molecular complexity index is 2270. The van der Waals surface area contributed by atoms with Gasteiger partial charge in [0, 0.05) is 90.1 Å². The maximum absolute atomic E-state index is 13.7. The summed E-state index contributed by atoms with van der Waals surface area (Å²) < 4.78 is 26.6. The lowest BCUT2D eigenvalue weighted by atomic mass is 9.74. The van der Waals surface area contributed by atoms with Crippen molar-refractivity contribution in [1.82, 2.24) is 31.1 Å². The summed E-state index contributed by atoms with van der Waals surface area (Å²) >= 11 is 7.96. The Kier molecular flexibility index (Phi) is 22.0. The Morgan fingerprint density at radius 3 is 1.65 bits per heavy atom. The first kappa shape index (κ1) is 55.1. The van der Waals surface area contributed by atoms with Crippen LogP contribution in [0.4, 0.5) is 8.78 Å². The van der Waals surface area contributed by atoms with E-state index in [0.717, 1.165) is 92.9 Å². The molecule has 374 valence electrons. The van der Waals surface area contributed by atoms with Gasteiger partial charge in [-0.2, -0.15) is 11.8 Å². The molecule has 0 unspecified atom stereocenters. The molecule has 0 spiro atoms. The summed E-state index contributed by atoms with van der Waals surface area (Å²) in [7, 11) is 8.54. The van der Waals surface area contributed by atoms with E-state index in [2.05, 4.69) is 109 Å². The quantitative estimate of drug-likeness (QED) is 0.0615. The molecule has 2 aliphatic rings. The van der Waals surface area contributed by atoms with Crippen molar-refractivity contribution in [1.29, 1.82) is 0 Å². The molecular weight excluding hydrogens is 914 g/mol. The maximum Gasteiger partial charge on any atom is 0.220 e. The zero-order valence-corrected chi connectivity index (χ0v) is 42.8. The first-order chi connectivity index (χ1) is 33.0. The van der Waals surface area contributed by atoms with Crippen LogP contribution in [0.15, 0.2) is 97.1 Å². The van der Waals surface area contributed by atoms with Crippen molar-refractivity contribution >= 4 is 47.0 Å². The van der Waals surface area contributed by atoms with E-state index < -0.39 is 11.6 Å². The number of carbonyl (C=O) groups is 4. The normalized spacial score (nSPS) is 20.1. The molecule has 0 heterocycles. The highest BCUT2D eigenvalue weighted by Crippen LogP contribution is 2.37. The predicted molar refractivity (Wildman–Crippen MR) is 276 cm³/mol. The van der Waals surface area contributed by atoms with Gasteiger partial charge in [-0.25, -0.2) is 8.78 Å². The lowest BCUT2D eigenvalue weighted by molar-refractivity contribution is -0.127. The molecule has 0 atom stereocenters. The van der Waals surface area contributed by atoms with Gasteiger partial charge in [0.25, 0.3) is 0 Å².